The standard InChI is InChI=1S/C21H15F2N3O2/c22-13-9-10-19(15(23)11-13)28-12-20(27)24-16-6-2-1-5-14(16)21-25-17-7-3-4-8-18(17)26-21/h1-11H,12H2,(H,24,27)(H,25,26). The van der Waals surface area contributed by atoms with Crippen LogP contribution in [0.25, 0.3) is 22.4 Å². The van der Waals surface area contributed by atoms with Gasteiger partial charge in [0.2, 0.25) is 0 Å². The first-order valence-electron chi connectivity index (χ1n) is 8.52. The minimum absolute atomic E-state index is 0.192. The molecule has 0 aliphatic rings. The maximum atomic E-state index is 13.6. The van der Waals surface area contributed by atoms with Crippen LogP contribution in [0.2, 0.25) is 0 Å². The molecule has 0 fully saturated rings. The third-order valence-corrected chi connectivity index (χ3v) is 4.10. The number of hydrogen-bond acceptors (Lipinski definition) is 3. The van der Waals surface area contributed by atoms with Crippen LogP contribution in [0.15, 0.2) is 66.7 Å². The Hall–Kier alpha value is -3.74. The van der Waals surface area contributed by atoms with E-state index in [4.69, 9.17) is 4.74 Å². The zero-order chi connectivity index (χ0) is 19.5. The molecule has 0 spiro atoms. The molecule has 4 aromatic rings. The fourth-order valence-electron chi connectivity index (χ4n) is 2.80. The normalized spacial score (nSPS) is 10.8. The van der Waals surface area contributed by atoms with Crippen molar-refractivity contribution in [2.45, 2.75) is 0 Å². The summed E-state index contributed by atoms with van der Waals surface area (Å²) < 4.78 is 31.7. The summed E-state index contributed by atoms with van der Waals surface area (Å²) in [5.41, 5.74) is 2.94. The van der Waals surface area contributed by atoms with Crippen LogP contribution in [0.3, 0.4) is 0 Å². The number of imidazole rings is 1. The summed E-state index contributed by atoms with van der Waals surface area (Å²) >= 11 is 0. The van der Waals surface area contributed by atoms with E-state index in [1.54, 1.807) is 12.1 Å². The molecule has 1 amide bonds. The number of benzene rings is 3. The quantitative estimate of drug-likeness (QED) is 0.536. The Bertz CT molecular complexity index is 1120. The maximum absolute atomic E-state index is 13.6. The highest BCUT2D eigenvalue weighted by Gasteiger charge is 2.13. The second-order valence-electron chi connectivity index (χ2n) is 6.06. The van der Waals surface area contributed by atoms with Gasteiger partial charge in [0.15, 0.2) is 18.2 Å². The first-order chi connectivity index (χ1) is 13.6. The molecule has 0 saturated carbocycles. The number of carbonyl (C=O) groups is 1. The Kier molecular flexibility index (Phi) is 4.72. The molecule has 0 radical (unpaired) electrons. The summed E-state index contributed by atoms with van der Waals surface area (Å²) in [6, 6.07) is 17.7. The molecular formula is C21H15F2N3O2. The fourth-order valence-corrected chi connectivity index (χ4v) is 2.80. The summed E-state index contributed by atoms with van der Waals surface area (Å²) in [6.45, 7) is -0.420. The monoisotopic (exact) mass is 379 g/mol. The molecule has 2 N–H and O–H groups in total. The van der Waals surface area contributed by atoms with Gasteiger partial charge in [-0.15, -0.1) is 0 Å². The van der Waals surface area contributed by atoms with Gasteiger partial charge in [-0.2, -0.15) is 0 Å². The molecular weight excluding hydrogens is 364 g/mol. The zero-order valence-electron chi connectivity index (χ0n) is 14.6. The summed E-state index contributed by atoms with van der Waals surface area (Å²) in [5, 5.41) is 2.73. The van der Waals surface area contributed by atoms with Crippen molar-refractivity contribution >= 4 is 22.6 Å². The molecule has 140 valence electrons. The third kappa shape index (κ3) is 3.68. The lowest BCUT2D eigenvalue weighted by atomic mass is 10.1. The summed E-state index contributed by atoms with van der Waals surface area (Å²) in [4.78, 5) is 20.0. The van der Waals surface area contributed by atoms with E-state index >= 15 is 0 Å². The molecule has 3 aromatic carbocycles. The van der Waals surface area contributed by atoms with Crippen molar-refractivity contribution in [1.29, 1.82) is 0 Å². The first kappa shape index (κ1) is 17.7. The number of anilines is 1. The van der Waals surface area contributed by atoms with Gasteiger partial charge in [-0.25, -0.2) is 13.8 Å². The molecule has 0 bridgehead atoms. The van der Waals surface area contributed by atoms with Gasteiger partial charge in [0.25, 0.3) is 5.91 Å². The predicted molar refractivity (Wildman–Crippen MR) is 102 cm³/mol. The minimum atomic E-state index is -0.865. The van der Waals surface area contributed by atoms with Crippen molar-refractivity contribution in [2.24, 2.45) is 0 Å². The number of amides is 1. The highest BCUT2D eigenvalue weighted by atomic mass is 19.1. The molecule has 5 nitrogen and oxygen atoms in total. The molecule has 0 aliphatic carbocycles. The van der Waals surface area contributed by atoms with E-state index in [1.165, 1.54) is 0 Å². The molecule has 7 heteroatoms. The lowest BCUT2D eigenvalue weighted by molar-refractivity contribution is -0.118. The van der Waals surface area contributed by atoms with E-state index in [0.717, 1.165) is 23.2 Å². The molecule has 1 heterocycles. The van der Waals surface area contributed by atoms with Crippen LogP contribution in [0.1, 0.15) is 0 Å². The topological polar surface area (TPSA) is 67.0 Å². The van der Waals surface area contributed by atoms with Crippen LogP contribution in [0.4, 0.5) is 14.5 Å². The Morgan fingerprint density at radius 3 is 2.64 bits per heavy atom. The largest absolute Gasteiger partial charge is 0.481 e. The van der Waals surface area contributed by atoms with Crippen LogP contribution in [0.5, 0.6) is 5.75 Å². The fraction of sp³-hybridized carbons (Fsp3) is 0.0476. The van der Waals surface area contributed by atoms with E-state index in [1.807, 2.05) is 36.4 Å². The van der Waals surface area contributed by atoms with Crippen molar-refractivity contribution in [2.75, 3.05) is 11.9 Å². The van der Waals surface area contributed by atoms with Crippen LogP contribution < -0.4 is 10.1 Å². The highest BCUT2D eigenvalue weighted by Crippen LogP contribution is 2.27. The van der Waals surface area contributed by atoms with Crippen LogP contribution in [0, 0.1) is 11.6 Å². The number of aromatic amines is 1. The van der Waals surface area contributed by atoms with Gasteiger partial charge in [0.1, 0.15) is 11.6 Å². The lowest BCUT2D eigenvalue weighted by Crippen LogP contribution is -2.21. The average Bonchev–Trinajstić information content (AvgIpc) is 3.12. The van der Waals surface area contributed by atoms with E-state index in [9.17, 15) is 13.6 Å². The van der Waals surface area contributed by atoms with Gasteiger partial charge in [-0.1, -0.05) is 24.3 Å². The van der Waals surface area contributed by atoms with Crippen molar-refractivity contribution in [1.82, 2.24) is 9.97 Å². The van der Waals surface area contributed by atoms with Gasteiger partial charge < -0.3 is 15.0 Å². The molecule has 1 aromatic heterocycles. The zero-order valence-corrected chi connectivity index (χ0v) is 14.6. The third-order valence-electron chi connectivity index (χ3n) is 4.10. The Balaban J connectivity index is 1.51. The van der Waals surface area contributed by atoms with Crippen LogP contribution in [-0.2, 0) is 4.79 Å². The van der Waals surface area contributed by atoms with Crippen molar-refractivity contribution < 1.29 is 18.3 Å². The molecule has 4 rings (SSSR count). The molecule has 0 aliphatic heterocycles. The number of fused-ring (bicyclic) bond motifs is 1. The number of rotatable bonds is 5. The van der Waals surface area contributed by atoms with E-state index in [-0.39, 0.29) is 5.75 Å². The van der Waals surface area contributed by atoms with Crippen molar-refractivity contribution in [3.63, 3.8) is 0 Å². The van der Waals surface area contributed by atoms with Gasteiger partial charge in [0.05, 0.1) is 16.7 Å². The van der Waals surface area contributed by atoms with Crippen molar-refractivity contribution in [3.05, 3.63) is 78.4 Å². The van der Waals surface area contributed by atoms with Gasteiger partial charge >= 0.3 is 0 Å². The number of para-hydroxylation sites is 3. The number of hydrogen-bond donors (Lipinski definition) is 2. The van der Waals surface area contributed by atoms with E-state index < -0.39 is 24.1 Å². The Morgan fingerprint density at radius 2 is 1.82 bits per heavy atom. The number of nitrogens with one attached hydrogen (secondary N) is 2. The lowest BCUT2D eigenvalue weighted by Gasteiger charge is -2.11. The van der Waals surface area contributed by atoms with Gasteiger partial charge in [0, 0.05) is 11.6 Å². The number of carbonyl (C=O) groups excluding carboxylic acids is 1. The molecule has 28 heavy (non-hydrogen) atoms. The van der Waals surface area contributed by atoms with E-state index in [0.29, 0.717) is 23.1 Å². The smallest absolute Gasteiger partial charge is 0.262 e. The number of H-pyrrole nitrogens is 1. The Morgan fingerprint density at radius 1 is 1.04 bits per heavy atom. The van der Waals surface area contributed by atoms with Gasteiger partial charge in [-0.05, 0) is 36.4 Å². The minimum Gasteiger partial charge on any atom is -0.481 e. The second kappa shape index (κ2) is 7.48. The Labute approximate surface area is 159 Å². The number of aromatic nitrogens is 2. The molecule has 0 unspecified atom stereocenters. The molecule has 0 atom stereocenters. The first-order valence-corrected chi connectivity index (χ1v) is 8.52. The number of halogens is 2. The highest BCUT2D eigenvalue weighted by molar-refractivity contribution is 5.96. The van der Waals surface area contributed by atoms with Crippen LogP contribution >= 0.6 is 0 Å². The SMILES string of the molecule is O=C(COc1ccc(F)cc1F)Nc1ccccc1-c1nc2ccccc2[nH]1. The molecule has 0 saturated heterocycles. The second-order valence-corrected chi connectivity index (χ2v) is 6.06. The van der Waals surface area contributed by atoms with Crippen LogP contribution in [-0.4, -0.2) is 22.5 Å². The number of nitrogens with zero attached hydrogens (tertiary/aromatic N) is 1. The van der Waals surface area contributed by atoms with E-state index in [2.05, 4.69) is 15.3 Å². The maximum Gasteiger partial charge on any atom is 0.262 e. The van der Waals surface area contributed by atoms with Gasteiger partial charge in [-0.3, -0.25) is 4.79 Å². The number of ether oxygens (including phenoxy) is 1. The predicted octanol–water partition coefficient (Wildman–Crippen LogP) is 4.53. The summed E-state index contributed by atoms with van der Waals surface area (Å²) in [6.07, 6.45) is 0. The van der Waals surface area contributed by atoms with Crippen molar-refractivity contribution in [3.8, 4) is 17.1 Å². The average molecular weight is 379 g/mol. The summed E-state index contributed by atoms with van der Waals surface area (Å²) in [7, 11) is 0. The summed E-state index contributed by atoms with van der Waals surface area (Å²) in [5.74, 6) is -1.64.